The van der Waals surface area contributed by atoms with Gasteiger partial charge in [-0.3, -0.25) is 0 Å². The second-order valence-electron chi connectivity index (χ2n) is 2.92. The molecular weight excluding hydrogens is 186 g/mol. The summed E-state index contributed by atoms with van der Waals surface area (Å²) in [7, 11) is 3.21. The van der Waals surface area contributed by atoms with Crippen molar-refractivity contribution in [1.29, 1.82) is 0 Å². The van der Waals surface area contributed by atoms with Crippen LogP contribution in [0.3, 0.4) is 0 Å². The van der Waals surface area contributed by atoms with Crippen LogP contribution < -0.4 is 5.32 Å². The third kappa shape index (κ3) is 9.88. The van der Waals surface area contributed by atoms with Crippen molar-refractivity contribution in [2.75, 3.05) is 53.7 Å². The normalized spacial score (nSPS) is 13.1. The zero-order valence-corrected chi connectivity index (χ0v) is 8.99. The van der Waals surface area contributed by atoms with Gasteiger partial charge in [0.1, 0.15) is 0 Å². The van der Waals surface area contributed by atoms with E-state index in [4.69, 9.17) is 14.2 Å². The molecule has 0 bridgehead atoms. The van der Waals surface area contributed by atoms with Crippen LogP contribution in [0.2, 0.25) is 0 Å². The molecule has 0 aliphatic rings. The second kappa shape index (κ2) is 10.9. The van der Waals surface area contributed by atoms with Crippen molar-refractivity contribution in [2.24, 2.45) is 0 Å². The molecule has 0 aliphatic carbocycles. The van der Waals surface area contributed by atoms with Gasteiger partial charge in [0.2, 0.25) is 0 Å². The molecule has 0 saturated heterocycles. The van der Waals surface area contributed by atoms with E-state index in [9.17, 15) is 5.11 Å². The molecule has 0 aliphatic heterocycles. The molecule has 0 saturated carbocycles. The molecule has 0 spiro atoms. The summed E-state index contributed by atoms with van der Waals surface area (Å²) in [5, 5.41) is 12.3. The molecule has 1 unspecified atom stereocenters. The lowest BCUT2D eigenvalue weighted by molar-refractivity contribution is 0.0563. The second-order valence-corrected chi connectivity index (χ2v) is 2.92. The predicted molar refractivity (Wildman–Crippen MR) is 53.4 cm³/mol. The number of rotatable bonds is 10. The summed E-state index contributed by atoms with van der Waals surface area (Å²) in [5.41, 5.74) is 0. The van der Waals surface area contributed by atoms with E-state index < -0.39 is 6.10 Å². The highest BCUT2D eigenvalue weighted by atomic mass is 16.5. The number of aliphatic hydroxyl groups is 1. The zero-order valence-electron chi connectivity index (χ0n) is 8.99. The molecule has 1 atom stereocenters. The molecule has 0 aromatic carbocycles. The first-order valence-corrected chi connectivity index (χ1v) is 4.75. The number of ether oxygens (including phenoxy) is 3. The van der Waals surface area contributed by atoms with Gasteiger partial charge in [-0.05, 0) is 0 Å². The van der Waals surface area contributed by atoms with Crippen molar-refractivity contribution >= 4 is 0 Å². The number of nitrogens with one attached hydrogen (secondary N) is 1. The lowest BCUT2D eigenvalue weighted by atomic mass is 10.4. The van der Waals surface area contributed by atoms with Gasteiger partial charge < -0.3 is 24.6 Å². The Morgan fingerprint density at radius 1 is 1.14 bits per heavy atom. The first kappa shape index (κ1) is 13.8. The Labute approximate surface area is 85.3 Å². The maximum absolute atomic E-state index is 9.24. The zero-order chi connectivity index (χ0) is 10.6. The summed E-state index contributed by atoms with van der Waals surface area (Å²) in [6.07, 6.45) is -0.445. The van der Waals surface area contributed by atoms with Crippen molar-refractivity contribution in [1.82, 2.24) is 5.32 Å². The monoisotopic (exact) mass is 207 g/mol. The van der Waals surface area contributed by atoms with Crippen LogP contribution in [0.1, 0.15) is 0 Å². The van der Waals surface area contributed by atoms with Gasteiger partial charge in [0.05, 0.1) is 32.5 Å². The number of hydrogen-bond donors (Lipinski definition) is 2. The van der Waals surface area contributed by atoms with Gasteiger partial charge in [0.15, 0.2) is 0 Å². The van der Waals surface area contributed by atoms with Crippen LogP contribution in [0.5, 0.6) is 0 Å². The molecule has 0 radical (unpaired) electrons. The minimum Gasteiger partial charge on any atom is -0.389 e. The number of methoxy groups -OCH3 is 2. The maximum atomic E-state index is 9.24. The van der Waals surface area contributed by atoms with E-state index >= 15 is 0 Å². The van der Waals surface area contributed by atoms with Crippen LogP contribution in [-0.4, -0.2) is 64.9 Å². The summed E-state index contributed by atoms with van der Waals surface area (Å²) >= 11 is 0. The van der Waals surface area contributed by atoms with Crippen LogP contribution in [0, 0.1) is 0 Å². The Hall–Kier alpha value is -0.200. The van der Waals surface area contributed by atoms with E-state index in [-0.39, 0.29) is 0 Å². The molecule has 0 fully saturated rings. The van der Waals surface area contributed by atoms with E-state index in [1.54, 1.807) is 14.2 Å². The largest absolute Gasteiger partial charge is 0.389 e. The van der Waals surface area contributed by atoms with Gasteiger partial charge in [-0.15, -0.1) is 0 Å². The first-order valence-electron chi connectivity index (χ1n) is 4.75. The Morgan fingerprint density at radius 3 is 2.57 bits per heavy atom. The van der Waals surface area contributed by atoms with Crippen molar-refractivity contribution < 1.29 is 19.3 Å². The Bertz CT molecular complexity index is 113. The highest BCUT2D eigenvalue weighted by Gasteiger charge is 2.00. The molecule has 5 heteroatoms. The minimum absolute atomic E-state index is 0.359. The SMILES string of the molecule is COCCOCCNCC(O)COC. The van der Waals surface area contributed by atoms with Crippen molar-refractivity contribution in [3.63, 3.8) is 0 Å². The number of aliphatic hydroxyl groups excluding tert-OH is 1. The fraction of sp³-hybridized carbons (Fsp3) is 1.00. The Balaban J connectivity index is 2.98. The molecule has 0 aromatic heterocycles. The van der Waals surface area contributed by atoms with Crippen molar-refractivity contribution in [2.45, 2.75) is 6.10 Å². The summed E-state index contributed by atoms with van der Waals surface area (Å²) in [6.45, 7) is 3.47. The third-order valence-electron chi connectivity index (χ3n) is 1.59. The van der Waals surface area contributed by atoms with Crippen LogP contribution in [0.15, 0.2) is 0 Å². The molecule has 2 N–H and O–H groups in total. The van der Waals surface area contributed by atoms with Crippen molar-refractivity contribution in [3.05, 3.63) is 0 Å². The standard InChI is InChI=1S/C9H21NO4/c1-12-5-6-14-4-3-10-7-9(11)8-13-2/h9-11H,3-8H2,1-2H3. The molecule has 86 valence electrons. The van der Waals surface area contributed by atoms with E-state index in [2.05, 4.69) is 5.32 Å². The summed E-state index contributed by atoms with van der Waals surface area (Å²) in [4.78, 5) is 0. The predicted octanol–water partition coefficient (Wildman–Crippen LogP) is -0.754. The van der Waals surface area contributed by atoms with Gasteiger partial charge in [-0.2, -0.15) is 0 Å². The molecule has 0 aromatic rings. The van der Waals surface area contributed by atoms with Crippen LogP contribution >= 0.6 is 0 Å². The summed E-state index contributed by atoms with van der Waals surface area (Å²) in [5.74, 6) is 0. The molecule has 0 amide bonds. The highest BCUT2D eigenvalue weighted by Crippen LogP contribution is 1.81. The molecule has 0 rings (SSSR count). The van der Waals surface area contributed by atoms with E-state index in [1.165, 1.54) is 0 Å². The Morgan fingerprint density at radius 2 is 1.93 bits per heavy atom. The first-order chi connectivity index (χ1) is 6.81. The van der Waals surface area contributed by atoms with Gasteiger partial charge in [-0.25, -0.2) is 0 Å². The average Bonchev–Trinajstić information content (AvgIpc) is 2.17. The fourth-order valence-electron chi connectivity index (χ4n) is 0.909. The van der Waals surface area contributed by atoms with E-state index in [0.29, 0.717) is 33.0 Å². The van der Waals surface area contributed by atoms with Crippen LogP contribution in [0.4, 0.5) is 0 Å². The lowest BCUT2D eigenvalue weighted by Gasteiger charge is -2.10. The average molecular weight is 207 g/mol. The van der Waals surface area contributed by atoms with Crippen molar-refractivity contribution in [3.8, 4) is 0 Å². The van der Waals surface area contributed by atoms with Gasteiger partial charge in [-0.1, -0.05) is 0 Å². The molecule has 5 nitrogen and oxygen atoms in total. The summed E-state index contributed by atoms with van der Waals surface area (Å²) in [6, 6.07) is 0. The molecule has 0 heterocycles. The third-order valence-corrected chi connectivity index (χ3v) is 1.59. The maximum Gasteiger partial charge on any atom is 0.0897 e. The minimum atomic E-state index is -0.445. The molecule has 14 heavy (non-hydrogen) atoms. The Kier molecular flexibility index (Phi) is 10.7. The highest BCUT2D eigenvalue weighted by molar-refractivity contribution is 4.57. The fourth-order valence-corrected chi connectivity index (χ4v) is 0.909. The quantitative estimate of drug-likeness (QED) is 0.461. The van der Waals surface area contributed by atoms with Crippen LogP contribution in [0.25, 0.3) is 0 Å². The van der Waals surface area contributed by atoms with E-state index in [1.807, 2.05) is 0 Å². The van der Waals surface area contributed by atoms with Crippen LogP contribution in [-0.2, 0) is 14.2 Å². The number of hydrogen-bond acceptors (Lipinski definition) is 5. The van der Waals surface area contributed by atoms with Gasteiger partial charge in [0, 0.05) is 27.3 Å². The topological polar surface area (TPSA) is 60.0 Å². The molecular formula is C9H21NO4. The van der Waals surface area contributed by atoms with Gasteiger partial charge in [0.25, 0.3) is 0 Å². The summed E-state index contributed by atoms with van der Waals surface area (Å²) < 4.78 is 14.8. The van der Waals surface area contributed by atoms with E-state index in [0.717, 1.165) is 6.54 Å². The van der Waals surface area contributed by atoms with Gasteiger partial charge >= 0.3 is 0 Å². The lowest BCUT2D eigenvalue weighted by Crippen LogP contribution is -2.32. The smallest absolute Gasteiger partial charge is 0.0897 e.